The summed E-state index contributed by atoms with van der Waals surface area (Å²) in [6, 6.07) is 13.9. The van der Waals surface area contributed by atoms with Crippen molar-refractivity contribution < 1.29 is 8.42 Å². The zero-order valence-corrected chi connectivity index (χ0v) is 23.1. The molecule has 0 radical (unpaired) electrons. The van der Waals surface area contributed by atoms with Gasteiger partial charge < -0.3 is 5.73 Å². The van der Waals surface area contributed by atoms with Gasteiger partial charge in [-0.1, -0.05) is 36.4 Å². The first-order valence-electron chi connectivity index (χ1n) is 14.1. The van der Waals surface area contributed by atoms with Crippen molar-refractivity contribution in [3.63, 3.8) is 0 Å². The smallest absolute Gasteiger partial charge is 0.278 e. The minimum atomic E-state index is -3.74. The number of nitrogens with one attached hydrogen (secondary N) is 1. The highest BCUT2D eigenvalue weighted by Gasteiger charge is 2.49. The van der Waals surface area contributed by atoms with Crippen molar-refractivity contribution in [2.45, 2.75) is 67.6 Å². The van der Waals surface area contributed by atoms with E-state index in [2.05, 4.69) is 20.3 Å². The molecule has 0 unspecified atom stereocenters. The Morgan fingerprint density at radius 1 is 0.878 bits per heavy atom. The van der Waals surface area contributed by atoms with Crippen LogP contribution in [0.4, 0.5) is 5.82 Å². The molecule has 1 aliphatic carbocycles. The molecular weight excluding hydrogens is 538 g/mol. The number of nitrogens with zero attached hydrogens (tertiary/aromatic N) is 7. The number of hydrogen-bond acceptors (Lipinski definition) is 8. The Balaban J connectivity index is 1.17. The number of rotatable bonds is 6. The van der Waals surface area contributed by atoms with Gasteiger partial charge in [0.15, 0.2) is 5.65 Å². The third-order valence-electron chi connectivity index (χ3n) is 8.85. The van der Waals surface area contributed by atoms with E-state index in [1.165, 1.54) is 6.33 Å². The van der Waals surface area contributed by atoms with E-state index < -0.39 is 10.0 Å². The van der Waals surface area contributed by atoms with Crippen molar-refractivity contribution in [1.29, 1.82) is 0 Å². The number of nitrogens with two attached hydrogens (primary N) is 1. The van der Waals surface area contributed by atoms with E-state index in [0.717, 1.165) is 59.3 Å². The second-order valence-electron chi connectivity index (χ2n) is 11.3. The predicted molar refractivity (Wildman–Crippen MR) is 152 cm³/mol. The summed E-state index contributed by atoms with van der Waals surface area (Å²) in [4.78, 5) is 13.9. The van der Waals surface area contributed by atoms with E-state index in [1.54, 1.807) is 8.82 Å². The third kappa shape index (κ3) is 3.96. The number of piperidine rings is 1. The average molecular weight is 568 g/mol. The Hall–Kier alpha value is -4.16. The monoisotopic (exact) mass is 567 g/mol. The number of H-pyrrole nitrogens is 1. The topological polar surface area (TPSA) is 148 Å². The standard InChI is InChI=1S/C29H29N9O2S/c30-27-25(18-6-7-18)26(20-12-21-9-10-22(13-20)38(21)41(39,40)29-32-16-33-36-29)35-28-23(15-34-37(27)28)19-8-11-24(31-14-19)17-4-2-1-3-5-17/h1-5,8,11,14-16,18,20-22H,6-7,9-10,12-13,30H2,(H,32,33,36)/t21-,22-/m1/s1. The summed E-state index contributed by atoms with van der Waals surface area (Å²) in [5.41, 5.74) is 13.4. The van der Waals surface area contributed by atoms with Crippen LogP contribution in [-0.4, -0.2) is 59.6 Å². The first-order valence-corrected chi connectivity index (χ1v) is 15.5. The third-order valence-corrected chi connectivity index (χ3v) is 10.7. The molecule has 8 rings (SSSR count). The fourth-order valence-electron chi connectivity index (χ4n) is 6.85. The maximum Gasteiger partial charge on any atom is 0.278 e. The molecule has 0 amide bonds. The van der Waals surface area contributed by atoms with E-state index in [0.29, 0.717) is 30.2 Å². The van der Waals surface area contributed by atoms with Crippen LogP contribution in [0.25, 0.3) is 28.0 Å². The van der Waals surface area contributed by atoms with Crippen molar-refractivity contribution in [1.82, 2.24) is 39.1 Å². The highest BCUT2D eigenvalue weighted by Crippen LogP contribution is 2.51. The second-order valence-corrected chi connectivity index (χ2v) is 13.1. The first-order chi connectivity index (χ1) is 20.0. The summed E-state index contributed by atoms with van der Waals surface area (Å²) in [6.07, 6.45) is 10.1. The van der Waals surface area contributed by atoms with Crippen molar-refractivity contribution >= 4 is 21.5 Å². The maximum atomic E-state index is 13.4. The summed E-state index contributed by atoms with van der Waals surface area (Å²) in [7, 11) is -3.74. The fraction of sp³-hybridized carbons (Fsp3) is 0.345. The average Bonchev–Trinajstić information content (AvgIpc) is 3.37. The van der Waals surface area contributed by atoms with Crippen molar-refractivity contribution in [2.24, 2.45) is 0 Å². The van der Waals surface area contributed by atoms with Gasteiger partial charge in [0.2, 0.25) is 0 Å². The molecule has 2 atom stereocenters. The molecule has 3 aliphatic rings. The molecule has 41 heavy (non-hydrogen) atoms. The Bertz CT molecular complexity index is 1840. The van der Waals surface area contributed by atoms with Crippen LogP contribution in [0.5, 0.6) is 0 Å². The quantitative estimate of drug-likeness (QED) is 0.311. The van der Waals surface area contributed by atoms with Gasteiger partial charge in [-0.05, 0) is 50.5 Å². The SMILES string of the molecule is Nc1c(C2CC2)c(C2C[C@H]3CC[C@H](C2)N3S(=O)(=O)c2ncn[nH]2)nc2c(-c3ccc(-c4ccccc4)nc3)cnn12. The van der Waals surface area contributed by atoms with Gasteiger partial charge in [0.25, 0.3) is 15.2 Å². The van der Waals surface area contributed by atoms with Gasteiger partial charge in [-0.3, -0.25) is 4.98 Å². The minimum Gasteiger partial charge on any atom is -0.383 e. The van der Waals surface area contributed by atoms with Crippen LogP contribution in [0.3, 0.4) is 0 Å². The first kappa shape index (κ1) is 24.6. The summed E-state index contributed by atoms with van der Waals surface area (Å²) < 4.78 is 30.2. The molecule has 3 fully saturated rings. The number of anilines is 1. The number of benzene rings is 1. The number of fused-ring (bicyclic) bond motifs is 3. The zero-order valence-electron chi connectivity index (χ0n) is 22.3. The predicted octanol–water partition coefficient (Wildman–Crippen LogP) is 4.14. The van der Waals surface area contributed by atoms with E-state index in [4.69, 9.17) is 15.7 Å². The van der Waals surface area contributed by atoms with Crippen molar-refractivity contribution in [3.8, 4) is 22.4 Å². The summed E-state index contributed by atoms with van der Waals surface area (Å²) in [5.74, 6) is 1.12. The van der Waals surface area contributed by atoms with Gasteiger partial charge >= 0.3 is 0 Å². The van der Waals surface area contributed by atoms with Crippen LogP contribution in [0.1, 0.15) is 61.6 Å². The number of hydrogen-bond donors (Lipinski definition) is 2. The van der Waals surface area contributed by atoms with Crippen LogP contribution in [0, 0.1) is 0 Å². The van der Waals surface area contributed by atoms with Gasteiger partial charge in [-0.25, -0.2) is 23.5 Å². The molecule has 11 nitrogen and oxygen atoms in total. The molecule has 2 aliphatic heterocycles. The minimum absolute atomic E-state index is 0.0916. The molecule has 2 saturated heterocycles. The molecule has 0 spiro atoms. The molecule has 3 N–H and O–H groups in total. The number of sulfonamides is 1. The van der Waals surface area contributed by atoms with E-state index >= 15 is 0 Å². The lowest BCUT2D eigenvalue weighted by Gasteiger charge is -2.37. The number of pyridine rings is 1. The van der Waals surface area contributed by atoms with Crippen LogP contribution < -0.4 is 5.73 Å². The van der Waals surface area contributed by atoms with E-state index in [-0.39, 0.29) is 23.2 Å². The Morgan fingerprint density at radius 3 is 2.32 bits per heavy atom. The molecule has 12 heteroatoms. The van der Waals surface area contributed by atoms with Crippen LogP contribution in [0.2, 0.25) is 0 Å². The van der Waals surface area contributed by atoms with E-state index in [1.807, 2.05) is 54.9 Å². The Labute approximate surface area is 236 Å². The molecule has 1 saturated carbocycles. The van der Waals surface area contributed by atoms with Crippen molar-refractivity contribution in [2.75, 3.05) is 5.73 Å². The lowest BCUT2D eigenvalue weighted by atomic mass is 9.86. The molecule has 4 aromatic heterocycles. The number of aromatic nitrogens is 7. The summed E-state index contributed by atoms with van der Waals surface area (Å²) in [6.45, 7) is 0. The highest BCUT2D eigenvalue weighted by molar-refractivity contribution is 7.89. The van der Waals surface area contributed by atoms with Gasteiger partial charge in [-0.15, -0.1) is 0 Å². The molecule has 6 heterocycles. The van der Waals surface area contributed by atoms with Gasteiger partial charge in [0, 0.05) is 46.5 Å². The van der Waals surface area contributed by atoms with Gasteiger partial charge in [0.1, 0.15) is 12.1 Å². The Morgan fingerprint density at radius 2 is 1.66 bits per heavy atom. The van der Waals surface area contributed by atoms with Gasteiger partial charge in [0.05, 0.1) is 17.6 Å². The molecule has 1 aromatic carbocycles. The summed E-state index contributed by atoms with van der Waals surface area (Å²) in [5, 5.41) is 10.9. The number of aromatic amines is 1. The second kappa shape index (κ2) is 9.18. The molecule has 208 valence electrons. The molecular formula is C29H29N9O2S. The van der Waals surface area contributed by atoms with Gasteiger partial charge in [-0.2, -0.15) is 19.0 Å². The lowest BCUT2D eigenvalue weighted by molar-refractivity contribution is 0.222. The van der Waals surface area contributed by atoms with Crippen LogP contribution >= 0.6 is 0 Å². The summed E-state index contributed by atoms with van der Waals surface area (Å²) >= 11 is 0. The maximum absolute atomic E-state index is 13.4. The molecule has 5 aromatic rings. The number of nitrogen functional groups attached to an aromatic ring is 1. The van der Waals surface area contributed by atoms with Crippen LogP contribution in [0.15, 0.2) is 66.3 Å². The highest BCUT2D eigenvalue weighted by atomic mass is 32.2. The Kier molecular flexibility index (Phi) is 5.51. The lowest BCUT2D eigenvalue weighted by Crippen LogP contribution is -2.46. The zero-order chi connectivity index (χ0) is 27.7. The van der Waals surface area contributed by atoms with E-state index in [9.17, 15) is 8.42 Å². The largest absolute Gasteiger partial charge is 0.383 e. The molecule has 2 bridgehead atoms. The fourth-order valence-corrected chi connectivity index (χ4v) is 8.57. The normalized spacial score (nSPS) is 22.9. The van der Waals surface area contributed by atoms with Crippen molar-refractivity contribution in [3.05, 3.63) is 72.4 Å². The van der Waals surface area contributed by atoms with Crippen LogP contribution in [-0.2, 0) is 10.0 Å².